The zero-order valence-electron chi connectivity index (χ0n) is 18.7. The van der Waals surface area contributed by atoms with Gasteiger partial charge in [0.25, 0.3) is 5.91 Å². The highest BCUT2D eigenvalue weighted by atomic mass is 19.1. The molecule has 7 heteroatoms. The first-order chi connectivity index (χ1) is 16.0. The number of piperidine rings is 1. The van der Waals surface area contributed by atoms with Crippen molar-refractivity contribution in [2.45, 2.75) is 32.1 Å². The van der Waals surface area contributed by atoms with Gasteiger partial charge in [-0.05, 0) is 61.2 Å². The second-order valence-electron chi connectivity index (χ2n) is 8.59. The molecule has 1 N–H and O–H groups in total. The first kappa shape index (κ1) is 21.2. The Morgan fingerprint density at radius 1 is 1.27 bits per heavy atom. The number of methoxy groups -OCH3 is 1. The Hall–Kier alpha value is -3.61. The number of nitrogens with one attached hydrogen (secondary N) is 1. The molecule has 1 amide bonds. The molecule has 1 aliphatic rings. The Morgan fingerprint density at radius 3 is 2.88 bits per heavy atom. The summed E-state index contributed by atoms with van der Waals surface area (Å²) in [6.07, 6.45) is 4.22. The summed E-state index contributed by atoms with van der Waals surface area (Å²) in [5, 5.41) is 0.739. The number of likely N-dealkylation sites (tertiary alicyclic amines) is 1. The maximum atomic E-state index is 13.7. The second kappa shape index (κ2) is 8.73. The summed E-state index contributed by atoms with van der Waals surface area (Å²) in [7, 11) is 1.65. The predicted molar refractivity (Wildman–Crippen MR) is 123 cm³/mol. The first-order valence-corrected chi connectivity index (χ1v) is 11.2. The fourth-order valence-electron chi connectivity index (χ4n) is 4.57. The Bertz CT molecular complexity index is 1290. The minimum Gasteiger partial charge on any atom is -0.497 e. The third kappa shape index (κ3) is 4.23. The average molecular weight is 448 g/mol. The van der Waals surface area contributed by atoms with E-state index < -0.39 is 0 Å². The van der Waals surface area contributed by atoms with Gasteiger partial charge in [-0.3, -0.25) is 4.79 Å². The van der Waals surface area contributed by atoms with E-state index in [9.17, 15) is 9.18 Å². The van der Waals surface area contributed by atoms with Gasteiger partial charge in [-0.15, -0.1) is 0 Å². The highest BCUT2D eigenvalue weighted by Crippen LogP contribution is 2.30. The summed E-state index contributed by atoms with van der Waals surface area (Å²) < 4.78 is 24.9. The normalized spacial score (nSPS) is 16.3. The molecule has 170 valence electrons. The molecule has 2 aromatic heterocycles. The molecule has 33 heavy (non-hydrogen) atoms. The Morgan fingerprint density at radius 2 is 2.09 bits per heavy atom. The SMILES string of the molecule is COc1ccc(Cc2cnc([C@H]3CCCN(C(=O)c4[nH]c5ccc(F)cc5c4C)C3)o2)cc1. The van der Waals surface area contributed by atoms with Crippen molar-refractivity contribution in [2.24, 2.45) is 0 Å². The van der Waals surface area contributed by atoms with Crippen LogP contribution in [0.4, 0.5) is 4.39 Å². The number of rotatable bonds is 5. The molecule has 1 saturated heterocycles. The number of aryl methyl sites for hydroxylation is 1. The molecule has 5 rings (SSSR count). The van der Waals surface area contributed by atoms with Crippen molar-refractivity contribution in [3.05, 3.63) is 83.0 Å². The molecule has 0 aliphatic carbocycles. The average Bonchev–Trinajstić information content (AvgIpc) is 3.44. The van der Waals surface area contributed by atoms with Crippen molar-refractivity contribution in [3.63, 3.8) is 0 Å². The number of amides is 1. The van der Waals surface area contributed by atoms with Crippen LogP contribution in [0, 0.1) is 12.7 Å². The lowest BCUT2D eigenvalue weighted by atomic mass is 9.97. The maximum absolute atomic E-state index is 13.7. The van der Waals surface area contributed by atoms with Crippen LogP contribution in [0.2, 0.25) is 0 Å². The van der Waals surface area contributed by atoms with Crippen molar-refractivity contribution >= 4 is 16.8 Å². The van der Waals surface area contributed by atoms with E-state index in [1.54, 1.807) is 19.4 Å². The van der Waals surface area contributed by atoms with Crippen molar-refractivity contribution in [2.75, 3.05) is 20.2 Å². The number of carbonyl (C=O) groups is 1. The van der Waals surface area contributed by atoms with Gasteiger partial charge >= 0.3 is 0 Å². The number of oxazole rings is 1. The van der Waals surface area contributed by atoms with Crippen LogP contribution in [0.15, 0.2) is 53.1 Å². The molecule has 3 heterocycles. The second-order valence-corrected chi connectivity index (χ2v) is 8.59. The number of hydrogen-bond acceptors (Lipinski definition) is 4. The van der Waals surface area contributed by atoms with Gasteiger partial charge in [0.05, 0.1) is 19.2 Å². The largest absolute Gasteiger partial charge is 0.497 e. The molecule has 0 unspecified atom stereocenters. The molecule has 1 aliphatic heterocycles. The van der Waals surface area contributed by atoms with Crippen LogP contribution in [0.5, 0.6) is 5.75 Å². The van der Waals surface area contributed by atoms with E-state index in [2.05, 4.69) is 9.97 Å². The molecule has 0 saturated carbocycles. The smallest absolute Gasteiger partial charge is 0.270 e. The monoisotopic (exact) mass is 447 g/mol. The van der Waals surface area contributed by atoms with Crippen molar-refractivity contribution in [1.82, 2.24) is 14.9 Å². The number of hydrogen-bond donors (Lipinski definition) is 1. The third-order valence-corrected chi connectivity index (χ3v) is 6.40. The van der Waals surface area contributed by atoms with Gasteiger partial charge < -0.3 is 19.0 Å². The van der Waals surface area contributed by atoms with E-state index in [4.69, 9.17) is 9.15 Å². The highest BCUT2D eigenvalue weighted by molar-refractivity contribution is 6.01. The van der Waals surface area contributed by atoms with Crippen LogP contribution in [0.25, 0.3) is 10.9 Å². The maximum Gasteiger partial charge on any atom is 0.270 e. The summed E-state index contributed by atoms with van der Waals surface area (Å²) >= 11 is 0. The van der Waals surface area contributed by atoms with Crippen LogP contribution in [-0.4, -0.2) is 41.0 Å². The lowest BCUT2D eigenvalue weighted by Gasteiger charge is -2.31. The van der Waals surface area contributed by atoms with Gasteiger partial charge in [0.1, 0.15) is 23.0 Å². The summed E-state index contributed by atoms with van der Waals surface area (Å²) in [6.45, 7) is 3.08. The highest BCUT2D eigenvalue weighted by Gasteiger charge is 2.30. The number of aromatic nitrogens is 2. The number of fused-ring (bicyclic) bond motifs is 1. The Balaban J connectivity index is 1.30. The fraction of sp³-hybridized carbons (Fsp3) is 0.308. The first-order valence-electron chi connectivity index (χ1n) is 11.2. The van der Waals surface area contributed by atoms with Gasteiger partial charge in [0, 0.05) is 30.4 Å². The van der Waals surface area contributed by atoms with Crippen LogP contribution >= 0.6 is 0 Å². The molecule has 1 fully saturated rings. The van der Waals surface area contributed by atoms with Crippen LogP contribution in [0.3, 0.4) is 0 Å². The van der Waals surface area contributed by atoms with Crippen molar-refractivity contribution < 1.29 is 18.3 Å². The number of aromatic amines is 1. The number of benzene rings is 2. The molecule has 6 nitrogen and oxygen atoms in total. The fourth-order valence-corrected chi connectivity index (χ4v) is 4.57. The van der Waals surface area contributed by atoms with Gasteiger partial charge in [0.2, 0.25) is 0 Å². The quantitative estimate of drug-likeness (QED) is 0.455. The predicted octanol–water partition coefficient (Wildman–Crippen LogP) is 5.22. The van der Waals surface area contributed by atoms with Gasteiger partial charge in [-0.25, -0.2) is 9.37 Å². The van der Waals surface area contributed by atoms with Gasteiger partial charge in [0.15, 0.2) is 5.89 Å². The molecule has 1 atom stereocenters. The zero-order chi connectivity index (χ0) is 22.9. The van der Waals surface area contributed by atoms with E-state index in [0.29, 0.717) is 31.1 Å². The number of H-pyrrole nitrogens is 1. The Kier molecular flexibility index (Phi) is 5.62. The van der Waals surface area contributed by atoms with Crippen LogP contribution in [-0.2, 0) is 6.42 Å². The van der Waals surface area contributed by atoms with E-state index in [1.165, 1.54) is 12.1 Å². The lowest BCUT2D eigenvalue weighted by Crippen LogP contribution is -2.39. The summed E-state index contributed by atoms with van der Waals surface area (Å²) in [4.78, 5) is 22.8. The van der Waals surface area contributed by atoms with Gasteiger partial charge in [-0.1, -0.05) is 12.1 Å². The molecular formula is C26H26FN3O3. The van der Waals surface area contributed by atoms with E-state index in [1.807, 2.05) is 36.1 Å². The number of halogens is 1. The standard InChI is InChI=1S/C26H26FN3O3/c1-16-22-13-19(27)7-10-23(22)29-24(16)26(31)30-11-3-4-18(15-30)25-28-14-21(33-25)12-17-5-8-20(32-2)9-6-17/h5-10,13-14,18,29H,3-4,11-12,15H2,1-2H3/t18-/m0/s1. The number of carbonyl (C=O) groups excluding carboxylic acids is 1. The molecule has 0 bridgehead atoms. The van der Waals surface area contributed by atoms with Crippen LogP contribution in [0.1, 0.15) is 52.0 Å². The number of ether oxygens (including phenoxy) is 1. The lowest BCUT2D eigenvalue weighted by molar-refractivity contribution is 0.0692. The molecule has 2 aromatic carbocycles. The van der Waals surface area contributed by atoms with Crippen molar-refractivity contribution in [1.29, 1.82) is 0 Å². The van der Waals surface area contributed by atoms with E-state index in [0.717, 1.165) is 46.4 Å². The topological polar surface area (TPSA) is 71.4 Å². The summed E-state index contributed by atoms with van der Waals surface area (Å²) in [6, 6.07) is 12.4. The minimum atomic E-state index is -0.309. The zero-order valence-corrected chi connectivity index (χ0v) is 18.7. The minimum absolute atomic E-state index is 0.0504. The number of nitrogens with zero attached hydrogens (tertiary/aromatic N) is 2. The van der Waals surface area contributed by atoms with E-state index in [-0.39, 0.29) is 17.6 Å². The van der Waals surface area contributed by atoms with Gasteiger partial charge in [-0.2, -0.15) is 0 Å². The molecular weight excluding hydrogens is 421 g/mol. The van der Waals surface area contributed by atoms with Crippen molar-refractivity contribution in [3.8, 4) is 5.75 Å². The van der Waals surface area contributed by atoms with Crippen LogP contribution < -0.4 is 4.74 Å². The molecule has 0 spiro atoms. The molecule has 0 radical (unpaired) electrons. The third-order valence-electron chi connectivity index (χ3n) is 6.40. The summed E-state index contributed by atoms with van der Waals surface area (Å²) in [5.41, 5.74) is 3.17. The Labute approximate surface area is 191 Å². The van der Waals surface area contributed by atoms with E-state index >= 15 is 0 Å². The molecule has 4 aromatic rings. The summed E-state index contributed by atoms with van der Waals surface area (Å²) in [5.74, 6) is 1.96.